The van der Waals surface area contributed by atoms with E-state index in [0.717, 1.165) is 38.0 Å². The number of carbonyl (C=O) groups is 1. The molecule has 3 N–H and O–H groups in total. The van der Waals surface area contributed by atoms with Crippen molar-refractivity contribution >= 4 is 11.8 Å². The average Bonchev–Trinajstić information content (AvgIpc) is 2.43. The Bertz CT molecular complexity index is 492. The van der Waals surface area contributed by atoms with E-state index in [1.165, 1.54) is 13.1 Å². The van der Waals surface area contributed by atoms with Crippen LogP contribution in [0.2, 0.25) is 0 Å². The van der Waals surface area contributed by atoms with Gasteiger partial charge >= 0.3 is 6.03 Å². The van der Waals surface area contributed by atoms with E-state index >= 15 is 0 Å². The van der Waals surface area contributed by atoms with Crippen molar-refractivity contribution in [3.8, 4) is 0 Å². The number of nitrogens with one attached hydrogen (secondary N) is 3. The number of rotatable bonds is 3. The van der Waals surface area contributed by atoms with Gasteiger partial charge in [-0.1, -0.05) is 0 Å². The number of pyridine rings is 1. The number of H-pyrrole nitrogens is 1. The Morgan fingerprint density at radius 3 is 2.84 bits per heavy atom. The van der Waals surface area contributed by atoms with Crippen LogP contribution in [0.4, 0.5) is 10.6 Å². The fourth-order valence-corrected chi connectivity index (χ4v) is 2.18. The number of hydrogen-bond acceptors (Lipinski definition) is 3. The van der Waals surface area contributed by atoms with E-state index < -0.39 is 0 Å². The maximum absolute atomic E-state index is 12.0. The average molecular weight is 265 g/mol. The van der Waals surface area contributed by atoms with E-state index in [9.17, 15) is 9.59 Å². The van der Waals surface area contributed by atoms with Crippen LogP contribution in [0.25, 0.3) is 0 Å². The first-order valence-electron chi connectivity index (χ1n) is 6.47. The van der Waals surface area contributed by atoms with Crippen LogP contribution in [0.1, 0.15) is 18.4 Å². The van der Waals surface area contributed by atoms with Crippen molar-refractivity contribution in [3.05, 3.63) is 28.0 Å². The van der Waals surface area contributed by atoms with Crippen molar-refractivity contribution in [1.82, 2.24) is 10.3 Å². The summed E-state index contributed by atoms with van der Waals surface area (Å²) in [7, 11) is 1.52. The monoisotopic (exact) mass is 265 g/mol. The molecule has 0 radical (unpaired) electrons. The number of aromatic nitrogens is 1. The Balaban J connectivity index is 2.02. The molecular weight excluding hydrogens is 246 g/mol. The van der Waals surface area contributed by atoms with Gasteiger partial charge in [-0.3, -0.25) is 10.1 Å². The van der Waals surface area contributed by atoms with Gasteiger partial charge in [-0.25, -0.2) is 4.79 Å². The molecule has 1 saturated heterocycles. The smallest absolute Gasteiger partial charge is 0.320 e. The molecule has 1 aliphatic heterocycles. The van der Waals surface area contributed by atoms with Crippen molar-refractivity contribution in [2.24, 2.45) is 5.92 Å². The predicted octanol–water partition coefficient (Wildman–Crippen LogP) is 1.10. The molecule has 1 aromatic rings. The maximum Gasteiger partial charge on any atom is 0.320 e. The highest BCUT2D eigenvalue weighted by Gasteiger charge is 2.16. The summed E-state index contributed by atoms with van der Waals surface area (Å²) in [4.78, 5) is 26.0. The molecule has 0 spiro atoms. The van der Waals surface area contributed by atoms with Crippen LogP contribution in [-0.2, 0) is 11.2 Å². The minimum atomic E-state index is -0.354. The Morgan fingerprint density at radius 1 is 1.47 bits per heavy atom. The first-order valence-corrected chi connectivity index (χ1v) is 6.47. The molecule has 104 valence electrons. The summed E-state index contributed by atoms with van der Waals surface area (Å²) in [5.74, 6) is 0.910. The van der Waals surface area contributed by atoms with Crippen LogP contribution in [0.3, 0.4) is 0 Å². The van der Waals surface area contributed by atoms with Gasteiger partial charge in [0, 0.05) is 38.1 Å². The molecule has 0 unspecified atom stereocenters. The minimum absolute atomic E-state index is 0.0448. The summed E-state index contributed by atoms with van der Waals surface area (Å²) < 4.78 is 5.30. The fourth-order valence-electron chi connectivity index (χ4n) is 2.18. The highest BCUT2D eigenvalue weighted by Crippen LogP contribution is 2.18. The van der Waals surface area contributed by atoms with Crippen LogP contribution in [0.5, 0.6) is 0 Å². The zero-order chi connectivity index (χ0) is 13.7. The van der Waals surface area contributed by atoms with Crippen molar-refractivity contribution in [2.45, 2.75) is 19.3 Å². The van der Waals surface area contributed by atoms with Crippen LogP contribution in [0.15, 0.2) is 17.1 Å². The zero-order valence-corrected chi connectivity index (χ0v) is 11.0. The summed E-state index contributed by atoms with van der Waals surface area (Å²) in [5.41, 5.74) is 0.714. The molecule has 2 amide bonds. The van der Waals surface area contributed by atoms with E-state index in [1.54, 1.807) is 6.20 Å². The van der Waals surface area contributed by atoms with Crippen molar-refractivity contribution in [2.75, 3.05) is 25.6 Å². The van der Waals surface area contributed by atoms with Gasteiger partial charge in [0.25, 0.3) is 0 Å². The largest absolute Gasteiger partial charge is 0.381 e. The summed E-state index contributed by atoms with van der Waals surface area (Å²) >= 11 is 0. The Kier molecular flexibility index (Phi) is 4.57. The molecule has 6 nitrogen and oxygen atoms in total. The lowest BCUT2D eigenvalue weighted by atomic mass is 9.93. The molecule has 1 aromatic heterocycles. The zero-order valence-electron chi connectivity index (χ0n) is 11.0. The fraction of sp³-hybridized carbons (Fsp3) is 0.538. The molecule has 0 saturated carbocycles. The van der Waals surface area contributed by atoms with Gasteiger partial charge in [-0.05, 0) is 25.2 Å². The molecule has 6 heteroatoms. The van der Waals surface area contributed by atoms with E-state index in [4.69, 9.17) is 4.74 Å². The number of urea groups is 1. The van der Waals surface area contributed by atoms with E-state index in [1.807, 2.05) is 0 Å². The standard InChI is InChI=1S/C13H19N3O3/c1-14-13(18)16-12-7-11(17)10(8-15-12)6-9-2-4-19-5-3-9/h7-9H,2-6H2,1H3,(H3,14,15,16,17,18). The van der Waals surface area contributed by atoms with Crippen LogP contribution < -0.4 is 16.1 Å². The van der Waals surface area contributed by atoms with Gasteiger partial charge in [-0.2, -0.15) is 0 Å². The molecular formula is C13H19N3O3. The topological polar surface area (TPSA) is 83.2 Å². The van der Waals surface area contributed by atoms with E-state index in [0.29, 0.717) is 11.7 Å². The Hall–Kier alpha value is -1.82. The Morgan fingerprint density at radius 2 is 2.21 bits per heavy atom. The molecule has 2 heterocycles. The second-order valence-corrected chi connectivity index (χ2v) is 4.70. The molecule has 1 aliphatic rings. The first-order chi connectivity index (χ1) is 9.19. The SMILES string of the molecule is CNC(=O)Nc1cc(=O)c(CC2CCOCC2)c[nH]1. The maximum atomic E-state index is 12.0. The van der Waals surface area contributed by atoms with Crippen molar-refractivity contribution in [1.29, 1.82) is 0 Å². The molecule has 2 rings (SSSR count). The van der Waals surface area contributed by atoms with Gasteiger partial charge in [0.15, 0.2) is 5.43 Å². The normalized spacial score (nSPS) is 16.1. The third-order valence-corrected chi connectivity index (χ3v) is 3.32. The van der Waals surface area contributed by atoms with Crippen LogP contribution >= 0.6 is 0 Å². The lowest BCUT2D eigenvalue weighted by Crippen LogP contribution is -2.26. The second-order valence-electron chi connectivity index (χ2n) is 4.70. The first kappa shape index (κ1) is 13.6. The number of hydrogen-bond donors (Lipinski definition) is 3. The molecule has 0 aromatic carbocycles. The molecule has 19 heavy (non-hydrogen) atoms. The van der Waals surface area contributed by atoms with Gasteiger partial charge in [0.2, 0.25) is 0 Å². The lowest BCUT2D eigenvalue weighted by molar-refractivity contribution is 0.0664. The van der Waals surface area contributed by atoms with Gasteiger partial charge in [0.05, 0.1) is 0 Å². The van der Waals surface area contributed by atoms with Gasteiger partial charge < -0.3 is 15.0 Å². The minimum Gasteiger partial charge on any atom is -0.381 e. The lowest BCUT2D eigenvalue weighted by Gasteiger charge is -2.21. The third-order valence-electron chi connectivity index (χ3n) is 3.32. The summed E-state index contributed by atoms with van der Waals surface area (Å²) in [6.45, 7) is 1.55. The van der Waals surface area contributed by atoms with Gasteiger partial charge in [-0.15, -0.1) is 0 Å². The number of aromatic amines is 1. The predicted molar refractivity (Wildman–Crippen MR) is 72.4 cm³/mol. The number of ether oxygens (including phenoxy) is 1. The molecule has 0 aliphatic carbocycles. The van der Waals surface area contributed by atoms with Gasteiger partial charge in [0.1, 0.15) is 5.82 Å². The van der Waals surface area contributed by atoms with Crippen LogP contribution in [-0.4, -0.2) is 31.3 Å². The summed E-state index contributed by atoms with van der Waals surface area (Å²) in [6, 6.07) is 1.07. The number of amides is 2. The Labute approximate surface area is 111 Å². The van der Waals surface area contributed by atoms with E-state index in [2.05, 4.69) is 15.6 Å². The van der Waals surface area contributed by atoms with Crippen LogP contribution in [0, 0.1) is 5.92 Å². The number of anilines is 1. The summed E-state index contributed by atoms with van der Waals surface area (Å²) in [5, 5.41) is 4.96. The third kappa shape index (κ3) is 3.82. The highest BCUT2D eigenvalue weighted by atomic mass is 16.5. The van der Waals surface area contributed by atoms with Crippen molar-refractivity contribution < 1.29 is 9.53 Å². The second kappa shape index (κ2) is 6.38. The van der Waals surface area contributed by atoms with Crippen molar-refractivity contribution in [3.63, 3.8) is 0 Å². The highest BCUT2D eigenvalue weighted by molar-refractivity contribution is 5.87. The summed E-state index contributed by atoms with van der Waals surface area (Å²) in [6.07, 6.45) is 4.44. The molecule has 0 atom stereocenters. The van der Waals surface area contributed by atoms with E-state index in [-0.39, 0.29) is 11.5 Å². The molecule has 0 bridgehead atoms. The molecule has 1 fully saturated rings. The quantitative estimate of drug-likeness (QED) is 0.765. The number of carbonyl (C=O) groups excluding carboxylic acids is 1.